The van der Waals surface area contributed by atoms with Crippen molar-refractivity contribution in [2.75, 3.05) is 5.32 Å². The molecule has 1 N–H and O–H groups in total. The van der Waals surface area contributed by atoms with Gasteiger partial charge in [0.1, 0.15) is 0 Å². The number of thiazole rings is 1. The Balaban J connectivity index is 1.91. The lowest BCUT2D eigenvalue weighted by Gasteiger charge is -2.14. The first kappa shape index (κ1) is 16.0. The molecule has 0 aliphatic heterocycles. The Morgan fingerprint density at radius 1 is 1.35 bits per heavy atom. The summed E-state index contributed by atoms with van der Waals surface area (Å²) in [6.45, 7) is 8.09. The molecule has 0 bridgehead atoms. The van der Waals surface area contributed by atoms with E-state index < -0.39 is 0 Å². The van der Waals surface area contributed by atoms with E-state index >= 15 is 0 Å². The number of nitrogens with one attached hydrogen (secondary N) is 1. The van der Waals surface area contributed by atoms with Gasteiger partial charge in [-0.15, -0.1) is 11.3 Å². The number of benzene rings is 1. The molecule has 0 atom stereocenters. The third kappa shape index (κ3) is 2.99. The number of carbonyl (C=O) groups excluding carboxylic acids is 1. The number of anilines is 1. The molecule has 0 aliphatic carbocycles. The lowest BCUT2D eigenvalue weighted by molar-refractivity contribution is 0.0998. The zero-order chi connectivity index (χ0) is 16.8. The van der Waals surface area contributed by atoms with Gasteiger partial charge in [-0.05, 0) is 13.0 Å². The predicted molar refractivity (Wildman–Crippen MR) is 94.7 cm³/mol. The summed E-state index contributed by atoms with van der Waals surface area (Å²) in [4.78, 5) is 17.0. The Kier molecular flexibility index (Phi) is 3.94. The van der Waals surface area contributed by atoms with E-state index in [1.54, 1.807) is 6.07 Å². The Morgan fingerprint density at radius 3 is 2.70 bits per heavy atom. The van der Waals surface area contributed by atoms with Crippen LogP contribution in [0.2, 0.25) is 5.02 Å². The Morgan fingerprint density at radius 2 is 2.09 bits per heavy atom. The molecule has 1 amide bonds. The van der Waals surface area contributed by atoms with Crippen LogP contribution in [0.25, 0.3) is 11.0 Å². The molecule has 4 nitrogen and oxygen atoms in total. The molecule has 1 aromatic carbocycles. The maximum absolute atomic E-state index is 12.5. The van der Waals surface area contributed by atoms with Crippen molar-refractivity contribution in [1.82, 2.24) is 4.98 Å². The van der Waals surface area contributed by atoms with E-state index in [0.717, 1.165) is 16.6 Å². The number of para-hydroxylation sites is 1. The van der Waals surface area contributed by atoms with Crippen molar-refractivity contribution >= 4 is 44.9 Å². The number of carbonyl (C=O) groups is 1. The van der Waals surface area contributed by atoms with E-state index in [0.29, 0.717) is 15.7 Å². The van der Waals surface area contributed by atoms with Crippen molar-refractivity contribution < 1.29 is 9.21 Å². The summed E-state index contributed by atoms with van der Waals surface area (Å²) in [5, 5.41) is 6.66. The fourth-order valence-electron chi connectivity index (χ4n) is 2.25. The van der Waals surface area contributed by atoms with Gasteiger partial charge < -0.3 is 4.42 Å². The molecule has 0 unspecified atom stereocenters. The van der Waals surface area contributed by atoms with Gasteiger partial charge in [0.15, 0.2) is 16.5 Å². The van der Waals surface area contributed by atoms with Crippen LogP contribution in [0, 0.1) is 6.92 Å². The average molecular weight is 349 g/mol. The topological polar surface area (TPSA) is 55.1 Å². The zero-order valence-electron chi connectivity index (χ0n) is 13.4. The molecule has 2 heterocycles. The van der Waals surface area contributed by atoms with Crippen molar-refractivity contribution in [3.8, 4) is 0 Å². The van der Waals surface area contributed by atoms with Crippen molar-refractivity contribution in [2.24, 2.45) is 0 Å². The van der Waals surface area contributed by atoms with Crippen molar-refractivity contribution in [1.29, 1.82) is 0 Å². The Bertz CT molecular complexity index is 890. The third-order valence-corrected chi connectivity index (χ3v) is 4.67. The molecule has 2 aromatic heterocycles. The molecule has 3 rings (SSSR count). The maximum Gasteiger partial charge on any atom is 0.293 e. The van der Waals surface area contributed by atoms with Crippen LogP contribution in [-0.2, 0) is 5.41 Å². The van der Waals surface area contributed by atoms with Gasteiger partial charge >= 0.3 is 0 Å². The fraction of sp³-hybridized carbons (Fsp3) is 0.294. The molecule has 0 aliphatic rings. The second-order valence-corrected chi connectivity index (χ2v) is 7.68. The van der Waals surface area contributed by atoms with Crippen LogP contribution >= 0.6 is 22.9 Å². The van der Waals surface area contributed by atoms with Gasteiger partial charge in [-0.2, -0.15) is 0 Å². The van der Waals surface area contributed by atoms with Gasteiger partial charge in [-0.1, -0.05) is 44.5 Å². The van der Waals surface area contributed by atoms with Crippen molar-refractivity contribution in [3.63, 3.8) is 0 Å². The quantitative estimate of drug-likeness (QED) is 0.674. The van der Waals surface area contributed by atoms with Crippen LogP contribution < -0.4 is 5.32 Å². The molecule has 0 spiro atoms. The number of hydrogen-bond donors (Lipinski definition) is 1. The number of hydrogen-bond acceptors (Lipinski definition) is 4. The molecular weight excluding hydrogens is 332 g/mol. The lowest BCUT2D eigenvalue weighted by atomic mass is 9.93. The normalized spacial score (nSPS) is 11.9. The molecule has 120 valence electrons. The lowest BCUT2D eigenvalue weighted by Crippen LogP contribution is -2.14. The van der Waals surface area contributed by atoms with Crippen LogP contribution in [0.3, 0.4) is 0 Å². The summed E-state index contributed by atoms with van der Waals surface area (Å²) in [7, 11) is 0. The summed E-state index contributed by atoms with van der Waals surface area (Å²) in [6.07, 6.45) is 0. The number of halogens is 1. The molecule has 0 radical (unpaired) electrons. The van der Waals surface area contributed by atoms with Gasteiger partial charge in [-0.3, -0.25) is 10.1 Å². The number of aryl methyl sites for hydroxylation is 1. The second kappa shape index (κ2) is 5.65. The molecule has 0 fully saturated rings. The smallest absolute Gasteiger partial charge is 0.293 e. The van der Waals surface area contributed by atoms with Gasteiger partial charge in [0.25, 0.3) is 5.91 Å². The molecule has 23 heavy (non-hydrogen) atoms. The van der Waals surface area contributed by atoms with E-state index in [4.69, 9.17) is 16.0 Å². The zero-order valence-corrected chi connectivity index (χ0v) is 14.9. The van der Waals surface area contributed by atoms with Gasteiger partial charge in [0.05, 0.1) is 10.7 Å². The Labute approximate surface area is 143 Å². The number of furan rings is 1. The third-order valence-electron chi connectivity index (χ3n) is 3.62. The number of aromatic nitrogens is 1. The van der Waals surface area contributed by atoms with Crippen LogP contribution in [0.1, 0.15) is 42.6 Å². The second-order valence-electron chi connectivity index (χ2n) is 6.41. The molecule has 6 heteroatoms. The fourth-order valence-corrected chi connectivity index (χ4v) is 3.40. The summed E-state index contributed by atoms with van der Waals surface area (Å²) in [5.74, 6) is -0.0508. The minimum absolute atomic E-state index is 0.0533. The highest BCUT2D eigenvalue weighted by Crippen LogP contribution is 2.32. The van der Waals surface area contributed by atoms with E-state index in [2.05, 4.69) is 31.1 Å². The maximum atomic E-state index is 12.5. The van der Waals surface area contributed by atoms with E-state index in [1.165, 1.54) is 11.3 Å². The number of nitrogens with zero attached hydrogens (tertiary/aromatic N) is 1. The van der Waals surface area contributed by atoms with E-state index in [1.807, 2.05) is 24.4 Å². The van der Waals surface area contributed by atoms with Crippen LogP contribution in [0.4, 0.5) is 5.13 Å². The molecule has 0 saturated carbocycles. The first-order valence-corrected chi connectivity index (χ1v) is 8.48. The highest BCUT2D eigenvalue weighted by Gasteiger charge is 2.22. The van der Waals surface area contributed by atoms with Crippen LogP contribution in [0.15, 0.2) is 28.0 Å². The van der Waals surface area contributed by atoms with Crippen molar-refractivity contribution in [3.05, 3.63) is 45.6 Å². The summed E-state index contributed by atoms with van der Waals surface area (Å²) in [6, 6.07) is 5.47. The summed E-state index contributed by atoms with van der Waals surface area (Å²) >= 11 is 7.53. The number of rotatable bonds is 2. The van der Waals surface area contributed by atoms with Gasteiger partial charge in [0.2, 0.25) is 0 Å². The molecular formula is C17H17ClN2O2S. The number of fused-ring (bicyclic) bond motifs is 1. The first-order valence-electron chi connectivity index (χ1n) is 7.22. The number of amides is 1. The average Bonchev–Trinajstić information content (AvgIpc) is 3.05. The van der Waals surface area contributed by atoms with Gasteiger partial charge in [-0.25, -0.2) is 4.98 Å². The predicted octanol–water partition coefficient (Wildman–Crippen LogP) is 5.40. The monoisotopic (exact) mass is 348 g/mol. The standard InChI is InChI=1S/C17H17ClN2O2S/c1-9-10-6-5-7-11(18)14(10)22-13(9)15(21)20-16-19-12(8-23-16)17(2,3)4/h5-8H,1-4H3,(H,19,20,21). The minimum Gasteiger partial charge on any atom is -0.449 e. The highest BCUT2D eigenvalue weighted by molar-refractivity contribution is 7.14. The van der Waals surface area contributed by atoms with Crippen LogP contribution in [0.5, 0.6) is 0 Å². The van der Waals surface area contributed by atoms with E-state index in [-0.39, 0.29) is 17.1 Å². The largest absolute Gasteiger partial charge is 0.449 e. The highest BCUT2D eigenvalue weighted by atomic mass is 35.5. The minimum atomic E-state index is -0.315. The molecule has 3 aromatic rings. The summed E-state index contributed by atoms with van der Waals surface area (Å²) in [5.41, 5.74) is 2.20. The van der Waals surface area contributed by atoms with Gasteiger partial charge in [0, 0.05) is 21.7 Å². The summed E-state index contributed by atoms with van der Waals surface area (Å²) < 4.78 is 5.67. The van der Waals surface area contributed by atoms with Crippen LogP contribution in [-0.4, -0.2) is 10.9 Å². The van der Waals surface area contributed by atoms with Crippen molar-refractivity contribution in [2.45, 2.75) is 33.1 Å². The first-order chi connectivity index (χ1) is 10.8. The van der Waals surface area contributed by atoms with E-state index in [9.17, 15) is 4.79 Å². The SMILES string of the molecule is Cc1c(C(=O)Nc2nc(C(C)(C)C)cs2)oc2c(Cl)cccc12. The Hall–Kier alpha value is -1.85. The molecule has 0 saturated heterocycles.